The van der Waals surface area contributed by atoms with Crippen LogP contribution in [0.4, 0.5) is 0 Å². The van der Waals surface area contributed by atoms with Crippen LogP contribution in [-0.4, -0.2) is 18.2 Å². The van der Waals surface area contributed by atoms with Gasteiger partial charge in [0.15, 0.2) is 0 Å². The molecule has 0 radical (unpaired) electrons. The summed E-state index contributed by atoms with van der Waals surface area (Å²) in [5.41, 5.74) is 7.06. The summed E-state index contributed by atoms with van der Waals surface area (Å²) in [6.07, 6.45) is 2.81. The Bertz CT molecular complexity index is 313. The van der Waals surface area contributed by atoms with E-state index in [1.54, 1.807) is 6.20 Å². The Labute approximate surface area is 91.8 Å². The summed E-state index contributed by atoms with van der Waals surface area (Å²) in [5.74, 6) is 0.404. The third-order valence-corrected chi connectivity index (χ3v) is 3.25. The molecule has 0 aromatic carbocycles. The summed E-state index contributed by atoms with van der Waals surface area (Å²) >= 11 is 3.46. The SMILES string of the molecule is NC(c1ncccc1Br)C1CCOC1. The summed E-state index contributed by atoms with van der Waals surface area (Å²) in [6.45, 7) is 1.58. The van der Waals surface area contributed by atoms with Crippen LogP contribution in [0.25, 0.3) is 0 Å². The molecule has 2 rings (SSSR count). The van der Waals surface area contributed by atoms with Crippen molar-refractivity contribution in [3.05, 3.63) is 28.5 Å². The first kappa shape index (κ1) is 10.1. The van der Waals surface area contributed by atoms with Crippen LogP contribution in [0, 0.1) is 5.92 Å². The van der Waals surface area contributed by atoms with Gasteiger partial charge in [0.1, 0.15) is 0 Å². The van der Waals surface area contributed by atoms with Gasteiger partial charge in [0.05, 0.1) is 18.3 Å². The van der Waals surface area contributed by atoms with E-state index in [9.17, 15) is 0 Å². The van der Waals surface area contributed by atoms with Gasteiger partial charge in [0.25, 0.3) is 0 Å². The number of aromatic nitrogens is 1. The fraction of sp³-hybridized carbons (Fsp3) is 0.500. The number of nitrogens with zero attached hydrogens (tertiary/aromatic N) is 1. The normalized spacial score (nSPS) is 23.7. The van der Waals surface area contributed by atoms with Crippen LogP contribution in [0.2, 0.25) is 0 Å². The second-order valence-electron chi connectivity index (χ2n) is 3.52. The molecule has 0 amide bonds. The van der Waals surface area contributed by atoms with E-state index in [0.717, 1.165) is 29.8 Å². The third-order valence-electron chi connectivity index (χ3n) is 2.58. The van der Waals surface area contributed by atoms with E-state index < -0.39 is 0 Å². The van der Waals surface area contributed by atoms with Gasteiger partial charge in [-0.1, -0.05) is 0 Å². The topological polar surface area (TPSA) is 48.1 Å². The van der Waals surface area contributed by atoms with E-state index in [-0.39, 0.29) is 6.04 Å². The average Bonchev–Trinajstić information content (AvgIpc) is 2.70. The lowest BCUT2D eigenvalue weighted by atomic mass is 9.97. The standard InChI is InChI=1S/C10H13BrN2O/c11-8-2-1-4-13-10(8)9(12)7-3-5-14-6-7/h1-2,4,7,9H,3,5-6,12H2. The van der Waals surface area contributed by atoms with Gasteiger partial charge in [-0.3, -0.25) is 4.98 Å². The Hall–Kier alpha value is -0.450. The maximum atomic E-state index is 6.13. The van der Waals surface area contributed by atoms with Crippen molar-refractivity contribution in [2.24, 2.45) is 11.7 Å². The molecule has 1 fully saturated rings. The van der Waals surface area contributed by atoms with E-state index >= 15 is 0 Å². The molecule has 2 atom stereocenters. The molecule has 2 N–H and O–H groups in total. The van der Waals surface area contributed by atoms with Gasteiger partial charge >= 0.3 is 0 Å². The second-order valence-corrected chi connectivity index (χ2v) is 4.37. The molecule has 0 bridgehead atoms. The van der Waals surface area contributed by atoms with E-state index in [2.05, 4.69) is 20.9 Å². The first-order valence-electron chi connectivity index (χ1n) is 4.73. The molecule has 0 aliphatic carbocycles. The van der Waals surface area contributed by atoms with Crippen molar-refractivity contribution < 1.29 is 4.74 Å². The van der Waals surface area contributed by atoms with Crippen LogP contribution in [0.1, 0.15) is 18.2 Å². The minimum Gasteiger partial charge on any atom is -0.381 e. The van der Waals surface area contributed by atoms with Gasteiger partial charge in [0, 0.05) is 23.2 Å². The quantitative estimate of drug-likeness (QED) is 0.879. The highest BCUT2D eigenvalue weighted by Gasteiger charge is 2.25. The van der Waals surface area contributed by atoms with Crippen LogP contribution < -0.4 is 5.73 Å². The number of hydrogen-bond donors (Lipinski definition) is 1. The summed E-state index contributed by atoms with van der Waals surface area (Å²) in [5, 5.41) is 0. The molecule has 1 aliphatic rings. The molecule has 1 aromatic heterocycles. The van der Waals surface area contributed by atoms with Gasteiger partial charge < -0.3 is 10.5 Å². The zero-order chi connectivity index (χ0) is 9.97. The van der Waals surface area contributed by atoms with Gasteiger partial charge in [0.2, 0.25) is 0 Å². The predicted molar refractivity (Wildman–Crippen MR) is 57.8 cm³/mol. The summed E-state index contributed by atoms with van der Waals surface area (Å²) in [7, 11) is 0. The Balaban J connectivity index is 2.17. The Morgan fingerprint density at radius 1 is 1.64 bits per heavy atom. The van der Waals surface area contributed by atoms with Crippen molar-refractivity contribution in [2.45, 2.75) is 12.5 Å². The molecule has 1 saturated heterocycles. The molecular weight excluding hydrogens is 244 g/mol. The van der Waals surface area contributed by atoms with Crippen LogP contribution >= 0.6 is 15.9 Å². The largest absolute Gasteiger partial charge is 0.381 e. The molecule has 76 valence electrons. The van der Waals surface area contributed by atoms with Crippen molar-refractivity contribution in [2.75, 3.05) is 13.2 Å². The molecule has 2 unspecified atom stereocenters. The predicted octanol–water partition coefficient (Wildman–Crippen LogP) is 1.88. The molecule has 14 heavy (non-hydrogen) atoms. The molecule has 0 spiro atoms. The zero-order valence-electron chi connectivity index (χ0n) is 7.82. The molecule has 1 aromatic rings. The van der Waals surface area contributed by atoms with Crippen LogP contribution in [0.3, 0.4) is 0 Å². The highest BCUT2D eigenvalue weighted by molar-refractivity contribution is 9.10. The van der Waals surface area contributed by atoms with Gasteiger partial charge in [-0.25, -0.2) is 0 Å². The minimum absolute atomic E-state index is 0.0203. The number of pyridine rings is 1. The smallest absolute Gasteiger partial charge is 0.0716 e. The zero-order valence-corrected chi connectivity index (χ0v) is 9.40. The third kappa shape index (κ3) is 1.97. The van der Waals surface area contributed by atoms with Gasteiger partial charge in [-0.2, -0.15) is 0 Å². The van der Waals surface area contributed by atoms with Gasteiger partial charge in [-0.15, -0.1) is 0 Å². The number of rotatable bonds is 2. The summed E-state index contributed by atoms with van der Waals surface area (Å²) in [4.78, 5) is 4.30. The fourth-order valence-corrected chi connectivity index (χ4v) is 2.22. The lowest BCUT2D eigenvalue weighted by Gasteiger charge is -2.17. The summed E-state index contributed by atoms with van der Waals surface area (Å²) in [6, 6.07) is 3.84. The van der Waals surface area contributed by atoms with Gasteiger partial charge in [-0.05, 0) is 34.5 Å². The van der Waals surface area contributed by atoms with Crippen molar-refractivity contribution in [3.8, 4) is 0 Å². The van der Waals surface area contributed by atoms with Crippen molar-refractivity contribution in [1.82, 2.24) is 4.98 Å². The molecule has 3 nitrogen and oxygen atoms in total. The number of halogens is 1. The Morgan fingerprint density at radius 2 is 2.50 bits per heavy atom. The number of hydrogen-bond acceptors (Lipinski definition) is 3. The fourth-order valence-electron chi connectivity index (χ4n) is 1.70. The van der Waals surface area contributed by atoms with Crippen molar-refractivity contribution in [1.29, 1.82) is 0 Å². The lowest BCUT2D eigenvalue weighted by molar-refractivity contribution is 0.180. The van der Waals surface area contributed by atoms with E-state index in [0.29, 0.717) is 5.92 Å². The highest BCUT2D eigenvalue weighted by Crippen LogP contribution is 2.29. The maximum Gasteiger partial charge on any atom is 0.0716 e. The highest BCUT2D eigenvalue weighted by atomic mass is 79.9. The average molecular weight is 257 g/mol. The van der Waals surface area contributed by atoms with E-state index in [1.165, 1.54) is 0 Å². The molecule has 0 saturated carbocycles. The first-order chi connectivity index (χ1) is 6.79. The molecule has 1 aliphatic heterocycles. The Morgan fingerprint density at radius 3 is 3.14 bits per heavy atom. The van der Waals surface area contributed by atoms with E-state index in [1.807, 2.05) is 12.1 Å². The molecular formula is C10H13BrN2O. The van der Waals surface area contributed by atoms with Crippen molar-refractivity contribution >= 4 is 15.9 Å². The minimum atomic E-state index is -0.0203. The van der Waals surface area contributed by atoms with Crippen molar-refractivity contribution in [3.63, 3.8) is 0 Å². The van der Waals surface area contributed by atoms with Crippen LogP contribution in [0.5, 0.6) is 0 Å². The lowest BCUT2D eigenvalue weighted by Crippen LogP contribution is -2.23. The second kappa shape index (κ2) is 4.38. The molecule has 2 heterocycles. The maximum absolute atomic E-state index is 6.13. The van der Waals surface area contributed by atoms with E-state index in [4.69, 9.17) is 10.5 Å². The summed E-state index contributed by atoms with van der Waals surface area (Å²) < 4.78 is 6.30. The number of ether oxygens (including phenoxy) is 1. The number of nitrogens with two attached hydrogens (primary N) is 1. The van der Waals surface area contributed by atoms with Crippen LogP contribution in [-0.2, 0) is 4.74 Å². The first-order valence-corrected chi connectivity index (χ1v) is 5.52. The molecule has 4 heteroatoms. The monoisotopic (exact) mass is 256 g/mol. The van der Waals surface area contributed by atoms with Crippen LogP contribution in [0.15, 0.2) is 22.8 Å². The Kier molecular flexibility index (Phi) is 3.15.